The average Bonchev–Trinajstić information content (AvgIpc) is 3.04. The predicted molar refractivity (Wildman–Crippen MR) is 78.3 cm³/mol. The number of nitrogens with two attached hydrogens (primary N) is 1. The molecule has 1 aromatic rings. The Hall–Kier alpha value is -0.960. The van der Waals surface area contributed by atoms with E-state index in [2.05, 4.69) is 5.32 Å². The van der Waals surface area contributed by atoms with Gasteiger partial charge in [0, 0.05) is 24.5 Å². The second kappa shape index (κ2) is 6.21. The van der Waals surface area contributed by atoms with E-state index in [1.54, 1.807) is 5.38 Å². The summed E-state index contributed by atoms with van der Waals surface area (Å²) in [4.78, 5) is 14.4. The molecule has 1 fully saturated rings. The van der Waals surface area contributed by atoms with Gasteiger partial charge in [-0.1, -0.05) is 6.92 Å². The Bertz CT molecular complexity index is 577. The molecule has 0 aliphatic carbocycles. The molecule has 0 bridgehead atoms. The highest BCUT2D eigenvalue weighted by molar-refractivity contribution is 7.91. The van der Waals surface area contributed by atoms with Crippen LogP contribution in [-0.2, 0) is 10.0 Å². The first-order valence-electron chi connectivity index (χ1n) is 6.56. The Labute approximate surface area is 123 Å². The zero-order valence-electron chi connectivity index (χ0n) is 11.3. The third-order valence-corrected chi connectivity index (χ3v) is 5.69. The van der Waals surface area contributed by atoms with Gasteiger partial charge in [-0.3, -0.25) is 4.79 Å². The molecule has 1 aliphatic heterocycles. The van der Waals surface area contributed by atoms with E-state index in [1.807, 2.05) is 11.8 Å². The molecule has 2 heterocycles. The van der Waals surface area contributed by atoms with Gasteiger partial charge in [-0.15, -0.1) is 11.3 Å². The van der Waals surface area contributed by atoms with Crippen LogP contribution < -0.4 is 10.5 Å². The maximum Gasteiger partial charge on any atom is 0.255 e. The van der Waals surface area contributed by atoms with Crippen LogP contribution in [0.5, 0.6) is 0 Å². The summed E-state index contributed by atoms with van der Waals surface area (Å²) in [6.45, 7) is 4.39. The molecule has 2 rings (SSSR count). The van der Waals surface area contributed by atoms with Crippen molar-refractivity contribution in [2.75, 3.05) is 19.6 Å². The molecule has 8 heteroatoms. The molecule has 1 aromatic heterocycles. The number of carbonyl (C=O) groups is 1. The number of rotatable bonds is 5. The fourth-order valence-electron chi connectivity index (χ4n) is 2.34. The molecule has 1 saturated heterocycles. The third-order valence-electron chi connectivity index (χ3n) is 3.30. The van der Waals surface area contributed by atoms with E-state index in [0.29, 0.717) is 12.1 Å². The van der Waals surface area contributed by atoms with Crippen molar-refractivity contribution in [1.82, 2.24) is 10.2 Å². The van der Waals surface area contributed by atoms with Gasteiger partial charge in [0.15, 0.2) is 0 Å². The molecule has 0 saturated carbocycles. The minimum absolute atomic E-state index is 0.0295. The van der Waals surface area contributed by atoms with Crippen molar-refractivity contribution in [1.29, 1.82) is 0 Å². The van der Waals surface area contributed by atoms with Gasteiger partial charge in [-0.25, -0.2) is 13.6 Å². The minimum atomic E-state index is -3.74. The van der Waals surface area contributed by atoms with E-state index < -0.39 is 10.0 Å². The van der Waals surface area contributed by atoms with Gasteiger partial charge in [0.2, 0.25) is 10.0 Å². The highest BCUT2D eigenvalue weighted by atomic mass is 32.2. The van der Waals surface area contributed by atoms with Gasteiger partial charge < -0.3 is 10.2 Å². The van der Waals surface area contributed by atoms with Gasteiger partial charge in [0.05, 0.1) is 5.56 Å². The van der Waals surface area contributed by atoms with Crippen molar-refractivity contribution < 1.29 is 13.2 Å². The Balaban J connectivity index is 2.20. The van der Waals surface area contributed by atoms with Crippen molar-refractivity contribution >= 4 is 27.3 Å². The Morgan fingerprint density at radius 3 is 2.85 bits per heavy atom. The van der Waals surface area contributed by atoms with Crippen LogP contribution >= 0.6 is 11.3 Å². The lowest BCUT2D eigenvalue weighted by atomic mass is 10.1. The number of carbonyl (C=O) groups excluding carboxylic acids is 1. The lowest BCUT2D eigenvalue weighted by Gasteiger charge is -2.27. The molecule has 0 spiro atoms. The first kappa shape index (κ1) is 15.4. The van der Waals surface area contributed by atoms with Crippen LogP contribution in [-0.4, -0.2) is 44.9 Å². The summed E-state index contributed by atoms with van der Waals surface area (Å²) in [5.41, 5.74) is 0.402. The minimum Gasteiger partial charge on any atom is -0.334 e. The Morgan fingerprint density at radius 2 is 2.35 bits per heavy atom. The summed E-state index contributed by atoms with van der Waals surface area (Å²) in [7, 11) is -3.74. The first-order chi connectivity index (χ1) is 9.43. The van der Waals surface area contributed by atoms with Gasteiger partial charge in [-0.2, -0.15) is 0 Å². The van der Waals surface area contributed by atoms with Gasteiger partial charge in [-0.05, 0) is 25.5 Å². The number of sulfonamides is 1. The second-order valence-corrected chi connectivity index (χ2v) is 7.54. The molecule has 0 radical (unpaired) electrons. The summed E-state index contributed by atoms with van der Waals surface area (Å²) in [6.07, 6.45) is 1.80. The van der Waals surface area contributed by atoms with Crippen molar-refractivity contribution in [3.63, 3.8) is 0 Å². The molecule has 112 valence electrons. The average molecular weight is 317 g/mol. The van der Waals surface area contributed by atoms with Crippen molar-refractivity contribution in [2.45, 2.75) is 30.0 Å². The van der Waals surface area contributed by atoms with E-state index in [4.69, 9.17) is 5.14 Å². The number of nitrogens with zero attached hydrogens (tertiary/aromatic N) is 1. The molecule has 1 aliphatic rings. The van der Waals surface area contributed by atoms with Crippen LogP contribution in [0.1, 0.15) is 30.1 Å². The van der Waals surface area contributed by atoms with Gasteiger partial charge in [0.1, 0.15) is 4.21 Å². The number of nitrogens with one attached hydrogen (secondary N) is 1. The van der Waals surface area contributed by atoms with E-state index >= 15 is 0 Å². The molecule has 3 N–H and O–H groups in total. The monoisotopic (exact) mass is 317 g/mol. The van der Waals surface area contributed by atoms with Crippen LogP contribution in [0.3, 0.4) is 0 Å². The number of amides is 1. The van der Waals surface area contributed by atoms with E-state index in [9.17, 15) is 13.2 Å². The lowest BCUT2D eigenvalue weighted by molar-refractivity contribution is 0.0692. The molecule has 6 nitrogen and oxygen atoms in total. The summed E-state index contributed by atoms with van der Waals surface area (Å²) in [6, 6.07) is 1.55. The number of hydrogen-bond acceptors (Lipinski definition) is 5. The van der Waals surface area contributed by atoms with Crippen LogP contribution in [0.15, 0.2) is 15.7 Å². The summed E-state index contributed by atoms with van der Waals surface area (Å²) >= 11 is 0.987. The van der Waals surface area contributed by atoms with Crippen molar-refractivity contribution in [3.05, 3.63) is 17.0 Å². The zero-order chi connectivity index (χ0) is 14.8. The second-order valence-electron chi connectivity index (χ2n) is 4.84. The fourth-order valence-corrected chi connectivity index (χ4v) is 3.92. The fraction of sp³-hybridized carbons (Fsp3) is 0.583. The maximum atomic E-state index is 12.5. The molecule has 0 aromatic carbocycles. The topological polar surface area (TPSA) is 92.5 Å². The third kappa shape index (κ3) is 3.38. The van der Waals surface area contributed by atoms with Crippen LogP contribution in [0, 0.1) is 0 Å². The SMILES string of the molecule is CCCN(C(=O)c1csc(S(N)(=O)=O)c1)C1CCNC1. The summed E-state index contributed by atoms with van der Waals surface area (Å²) < 4.78 is 22.6. The van der Waals surface area contributed by atoms with Crippen molar-refractivity contribution in [3.8, 4) is 0 Å². The number of hydrogen-bond donors (Lipinski definition) is 2. The van der Waals surface area contributed by atoms with Crippen molar-refractivity contribution in [2.24, 2.45) is 5.14 Å². The Morgan fingerprint density at radius 1 is 1.60 bits per heavy atom. The normalized spacial score (nSPS) is 19.2. The smallest absolute Gasteiger partial charge is 0.255 e. The standard InChI is InChI=1S/C12H19N3O3S2/c1-2-5-15(10-3-4-14-7-10)12(16)9-6-11(19-8-9)20(13,17)18/h6,8,10,14H,2-5,7H2,1H3,(H2,13,17,18). The summed E-state index contributed by atoms with van der Waals surface area (Å²) in [5, 5.41) is 9.88. The van der Waals surface area contributed by atoms with E-state index in [0.717, 1.165) is 37.3 Å². The molecule has 1 atom stereocenters. The predicted octanol–water partition coefficient (Wildman–Crippen LogP) is 0.610. The molecular formula is C12H19N3O3S2. The van der Waals surface area contributed by atoms with Crippen LogP contribution in [0.2, 0.25) is 0 Å². The summed E-state index contributed by atoms with van der Waals surface area (Å²) in [5.74, 6) is -0.119. The van der Waals surface area contributed by atoms with Crippen LogP contribution in [0.4, 0.5) is 0 Å². The number of thiophene rings is 1. The Kier molecular flexibility index (Phi) is 4.79. The maximum absolute atomic E-state index is 12.5. The quantitative estimate of drug-likeness (QED) is 0.832. The molecule has 1 unspecified atom stereocenters. The molecule has 1 amide bonds. The molecular weight excluding hydrogens is 298 g/mol. The highest BCUT2D eigenvalue weighted by Gasteiger charge is 2.27. The van der Waals surface area contributed by atoms with E-state index in [-0.39, 0.29) is 16.2 Å². The zero-order valence-corrected chi connectivity index (χ0v) is 13.0. The lowest BCUT2D eigenvalue weighted by Crippen LogP contribution is -2.41. The molecule has 20 heavy (non-hydrogen) atoms. The van der Waals surface area contributed by atoms with Gasteiger partial charge in [0.25, 0.3) is 5.91 Å². The highest BCUT2D eigenvalue weighted by Crippen LogP contribution is 2.22. The van der Waals surface area contributed by atoms with E-state index in [1.165, 1.54) is 6.07 Å². The van der Waals surface area contributed by atoms with Gasteiger partial charge >= 0.3 is 0 Å². The largest absolute Gasteiger partial charge is 0.334 e. The first-order valence-corrected chi connectivity index (χ1v) is 8.99. The number of primary sulfonamides is 1. The van der Waals surface area contributed by atoms with Crippen LogP contribution in [0.25, 0.3) is 0 Å².